The van der Waals surface area contributed by atoms with Crippen LogP contribution >= 0.6 is 0 Å². The summed E-state index contributed by atoms with van der Waals surface area (Å²) in [5.41, 5.74) is 2.14. The highest BCUT2D eigenvalue weighted by atomic mass is 19.1. The third kappa shape index (κ3) is 13.3. The number of aliphatic hydroxyl groups is 1. The zero-order chi connectivity index (χ0) is 30.1. The average Bonchev–Trinajstić information content (AvgIpc) is 2.93. The van der Waals surface area contributed by atoms with Crippen molar-refractivity contribution in [3.05, 3.63) is 96.6 Å². The molecule has 0 fully saturated rings. The van der Waals surface area contributed by atoms with E-state index in [1.165, 1.54) is 24.3 Å². The van der Waals surface area contributed by atoms with E-state index in [1.807, 2.05) is 32.1 Å². The van der Waals surface area contributed by atoms with E-state index >= 15 is 0 Å². The summed E-state index contributed by atoms with van der Waals surface area (Å²) in [5.74, 6) is 0.690. The first-order chi connectivity index (χ1) is 19.1. The first-order valence-electron chi connectivity index (χ1n) is 14.3. The largest absolute Gasteiger partial charge is 0.389 e. The van der Waals surface area contributed by atoms with Crippen molar-refractivity contribution in [3.8, 4) is 0 Å². The van der Waals surface area contributed by atoms with Crippen LogP contribution in [0.3, 0.4) is 0 Å². The third-order valence-corrected chi connectivity index (χ3v) is 6.95. The average molecular weight is 561 g/mol. The second kappa shape index (κ2) is 19.7. The molecule has 4 nitrogen and oxygen atoms in total. The van der Waals surface area contributed by atoms with E-state index in [-0.39, 0.29) is 35.9 Å². The van der Waals surface area contributed by atoms with Crippen molar-refractivity contribution in [2.45, 2.75) is 72.9 Å². The first-order valence-corrected chi connectivity index (χ1v) is 14.3. The van der Waals surface area contributed by atoms with Crippen LogP contribution in [-0.4, -0.2) is 43.4 Å². The summed E-state index contributed by atoms with van der Waals surface area (Å²) in [5, 5.41) is 9.81. The number of ether oxygens (including phenoxy) is 3. The van der Waals surface area contributed by atoms with Crippen molar-refractivity contribution in [2.75, 3.05) is 19.8 Å². The molecule has 0 aromatic heterocycles. The maximum Gasteiger partial charge on any atom is 0.180 e. The van der Waals surface area contributed by atoms with Gasteiger partial charge >= 0.3 is 0 Å². The Balaban J connectivity index is 0.000000433. The molecule has 0 radical (unpaired) electrons. The summed E-state index contributed by atoms with van der Waals surface area (Å²) in [6, 6.07) is 13.1. The lowest BCUT2D eigenvalue weighted by atomic mass is 9.84. The first kappa shape index (κ1) is 35.6. The maximum atomic E-state index is 13.1. The Labute approximate surface area is 241 Å². The van der Waals surface area contributed by atoms with Crippen molar-refractivity contribution in [1.29, 1.82) is 0 Å². The molecule has 2 rings (SSSR count). The van der Waals surface area contributed by atoms with Crippen molar-refractivity contribution in [1.82, 2.24) is 0 Å². The lowest BCUT2D eigenvalue weighted by Gasteiger charge is -2.29. The van der Waals surface area contributed by atoms with Gasteiger partial charge < -0.3 is 19.3 Å². The summed E-state index contributed by atoms with van der Waals surface area (Å²) < 4.78 is 42.9. The quantitative estimate of drug-likeness (QED) is 0.158. The van der Waals surface area contributed by atoms with E-state index in [0.717, 1.165) is 24.0 Å². The molecule has 2 aromatic carbocycles. The molecule has 0 aliphatic carbocycles. The minimum atomic E-state index is -0.509. The number of halogens is 2. The van der Waals surface area contributed by atoms with Gasteiger partial charge in [0, 0.05) is 13.2 Å². The standard InChI is InChI=1S/C20H31FO3.C14H19FO/c1-6-19(24-14-20(22-7-2)23-8-3)18(15(4)5)13-16-9-11-17(21)12-10-16;1-4-14(16)13(10(2)3)9-11-5-7-12(15)8-6-11/h6,9-12,15,18-20H,1,7-8,13-14H2,2-5H3;4-8,10,13-14,16H,1,9H2,2-3H3/t18-,19+;13-,14+/m00/s1. The van der Waals surface area contributed by atoms with E-state index < -0.39 is 6.10 Å². The molecular formula is C34H50F2O4. The molecule has 0 heterocycles. The van der Waals surface area contributed by atoms with Crippen LogP contribution in [0.25, 0.3) is 0 Å². The van der Waals surface area contributed by atoms with Gasteiger partial charge in [-0.2, -0.15) is 0 Å². The minimum absolute atomic E-state index is 0.113. The molecule has 4 atom stereocenters. The van der Waals surface area contributed by atoms with Gasteiger partial charge in [-0.1, -0.05) is 64.1 Å². The lowest BCUT2D eigenvalue weighted by molar-refractivity contribution is -0.177. The zero-order valence-electron chi connectivity index (χ0n) is 25.2. The van der Waals surface area contributed by atoms with Gasteiger partial charge in [0.1, 0.15) is 11.6 Å². The van der Waals surface area contributed by atoms with Gasteiger partial charge in [0.05, 0.1) is 18.8 Å². The van der Waals surface area contributed by atoms with Crippen LogP contribution in [0.4, 0.5) is 8.78 Å². The third-order valence-electron chi connectivity index (χ3n) is 6.95. The fourth-order valence-corrected chi connectivity index (χ4v) is 4.51. The van der Waals surface area contributed by atoms with Crippen LogP contribution in [0.1, 0.15) is 52.7 Å². The fraction of sp³-hybridized carbons (Fsp3) is 0.529. The van der Waals surface area contributed by atoms with Crippen molar-refractivity contribution < 1.29 is 28.1 Å². The predicted octanol–water partition coefficient (Wildman–Crippen LogP) is 7.80. The Hall–Kier alpha value is -2.38. The van der Waals surface area contributed by atoms with Gasteiger partial charge in [-0.3, -0.25) is 0 Å². The second-order valence-corrected chi connectivity index (χ2v) is 10.6. The van der Waals surface area contributed by atoms with E-state index in [0.29, 0.717) is 31.7 Å². The van der Waals surface area contributed by atoms with Crippen LogP contribution in [0, 0.1) is 35.3 Å². The number of rotatable bonds is 17. The SMILES string of the molecule is C=C[C@@H](O)[C@@H](Cc1ccc(F)cc1)C(C)C.C=C[C@@H](OCC(OCC)OCC)[C@@H](Cc1ccc(F)cc1)C(C)C. The van der Waals surface area contributed by atoms with Crippen LogP contribution in [-0.2, 0) is 27.1 Å². The molecule has 0 saturated heterocycles. The Morgan fingerprint density at radius 1 is 0.700 bits per heavy atom. The molecule has 0 saturated carbocycles. The molecule has 1 N–H and O–H groups in total. The molecule has 40 heavy (non-hydrogen) atoms. The molecule has 0 aliphatic heterocycles. The Morgan fingerprint density at radius 2 is 1.12 bits per heavy atom. The van der Waals surface area contributed by atoms with Gasteiger partial charge in [-0.05, 0) is 85.8 Å². The Bertz CT molecular complexity index is 937. The topological polar surface area (TPSA) is 47.9 Å². The smallest absolute Gasteiger partial charge is 0.180 e. The zero-order valence-corrected chi connectivity index (χ0v) is 25.2. The number of benzene rings is 2. The van der Waals surface area contributed by atoms with Crippen LogP contribution in [0.5, 0.6) is 0 Å². The van der Waals surface area contributed by atoms with Gasteiger partial charge in [0.25, 0.3) is 0 Å². The van der Waals surface area contributed by atoms with E-state index in [9.17, 15) is 13.9 Å². The van der Waals surface area contributed by atoms with Gasteiger partial charge in [0.2, 0.25) is 0 Å². The second-order valence-electron chi connectivity index (χ2n) is 10.6. The highest BCUT2D eigenvalue weighted by Crippen LogP contribution is 2.25. The molecular weight excluding hydrogens is 510 g/mol. The van der Waals surface area contributed by atoms with Crippen LogP contribution in [0.2, 0.25) is 0 Å². The molecule has 2 aromatic rings. The van der Waals surface area contributed by atoms with Crippen molar-refractivity contribution in [3.63, 3.8) is 0 Å². The summed E-state index contributed by atoms with van der Waals surface area (Å²) in [7, 11) is 0. The molecule has 0 aliphatic rings. The van der Waals surface area contributed by atoms with E-state index in [1.54, 1.807) is 18.2 Å². The van der Waals surface area contributed by atoms with Gasteiger partial charge in [-0.25, -0.2) is 8.78 Å². The normalized spacial score (nSPS) is 14.4. The van der Waals surface area contributed by atoms with Crippen molar-refractivity contribution >= 4 is 0 Å². The lowest BCUT2D eigenvalue weighted by Crippen LogP contribution is -2.33. The Kier molecular flexibility index (Phi) is 17.5. The summed E-state index contributed by atoms with van der Waals surface area (Å²) in [4.78, 5) is 0. The highest BCUT2D eigenvalue weighted by Gasteiger charge is 2.25. The maximum absolute atomic E-state index is 13.1. The van der Waals surface area contributed by atoms with Crippen LogP contribution < -0.4 is 0 Å². The van der Waals surface area contributed by atoms with E-state index in [4.69, 9.17) is 14.2 Å². The van der Waals surface area contributed by atoms with Gasteiger partial charge in [0.15, 0.2) is 6.29 Å². The summed E-state index contributed by atoms with van der Waals surface area (Å²) in [6.07, 6.45) is 3.97. The number of aliphatic hydroxyl groups excluding tert-OH is 1. The number of hydrogen-bond acceptors (Lipinski definition) is 4. The summed E-state index contributed by atoms with van der Waals surface area (Å²) in [6.45, 7) is 21.4. The molecule has 0 unspecified atom stereocenters. The highest BCUT2D eigenvalue weighted by molar-refractivity contribution is 5.18. The minimum Gasteiger partial charge on any atom is -0.389 e. The monoisotopic (exact) mass is 560 g/mol. The molecule has 0 amide bonds. The molecule has 0 spiro atoms. The molecule has 224 valence electrons. The van der Waals surface area contributed by atoms with Crippen LogP contribution in [0.15, 0.2) is 73.8 Å². The fourth-order valence-electron chi connectivity index (χ4n) is 4.51. The molecule has 0 bridgehead atoms. The predicted molar refractivity (Wildman–Crippen MR) is 160 cm³/mol. The van der Waals surface area contributed by atoms with Crippen molar-refractivity contribution in [2.24, 2.45) is 23.7 Å². The van der Waals surface area contributed by atoms with E-state index in [2.05, 4.69) is 40.9 Å². The molecule has 6 heteroatoms. The number of hydrogen-bond donors (Lipinski definition) is 1. The Morgan fingerprint density at radius 3 is 1.48 bits per heavy atom. The summed E-state index contributed by atoms with van der Waals surface area (Å²) >= 11 is 0. The van der Waals surface area contributed by atoms with Gasteiger partial charge in [-0.15, -0.1) is 13.2 Å².